The van der Waals surface area contributed by atoms with E-state index in [1.54, 1.807) is 25.3 Å². The van der Waals surface area contributed by atoms with E-state index in [1.165, 1.54) is 4.90 Å². The lowest BCUT2D eigenvalue weighted by molar-refractivity contribution is -0.140. The van der Waals surface area contributed by atoms with E-state index >= 15 is 0 Å². The SMILES string of the molecule is CCOc1cc(/C(O)=C2/C(=O)C(=O)N(Cc3cccc(OC)c3)C2c2ccccc2)ccc1Cl. The fourth-order valence-electron chi connectivity index (χ4n) is 4.06. The maximum absolute atomic E-state index is 13.2. The third-order valence-electron chi connectivity index (χ3n) is 5.65. The Labute approximate surface area is 203 Å². The smallest absolute Gasteiger partial charge is 0.295 e. The Hall–Kier alpha value is -3.77. The Morgan fingerprint density at radius 1 is 1.03 bits per heavy atom. The molecule has 1 unspecified atom stereocenters. The van der Waals surface area contributed by atoms with Crippen molar-refractivity contribution in [3.05, 3.63) is 100 Å². The number of rotatable bonds is 7. The number of methoxy groups -OCH3 is 1. The molecule has 174 valence electrons. The molecule has 1 aliphatic heterocycles. The summed E-state index contributed by atoms with van der Waals surface area (Å²) >= 11 is 6.19. The molecule has 1 atom stereocenters. The van der Waals surface area contributed by atoms with E-state index in [1.807, 2.05) is 61.5 Å². The van der Waals surface area contributed by atoms with Gasteiger partial charge in [0.05, 0.1) is 30.4 Å². The van der Waals surface area contributed by atoms with Gasteiger partial charge in [-0.3, -0.25) is 9.59 Å². The normalized spacial score (nSPS) is 17.1. The molecule has 34 heavy (non-hydrogen) atoms. The maximum Gasteiger partial charge on any atom is 0.295 e. The van der Waals surface area contributed by atoms with E-state index in [0.29, 0.717) is 34.3 Å². The third-order valence-corrected chi connectivity index (χ3v) is 5.96. The molecule has 0 aliphatic carbocycles. The van der Waals surface area contributed by atoms with Crippen molar-refractivity contribution in [2.75, 3.05) is 13.7 Å². The van der Waals surface area contributed by atoms with Gasteiger partial charge < -0.3 is 19.5 Å². The molecule has 0 saturated carbocycles. The Bertz CT molecular complexity index is 1250. The topological polar surface area (TPSA) is 76.1 Å². The zero-order valence-electron chi connectivity index (χ0n) is 18.8. The first-order valence-corrected chi connectivity index (χ1v) is 11.2. The number of likely N-dealkylation sites (tertiary alicyclic amines) is 1. The number of halogens is 1. The second-order valence-electron chi connectivity index (χ2n) is 7.77. The van der Waals surface area contributed by atoms with Gasteiger partial charge in [-0.2, -0.15) is 0 Å². The summed E-state index contributed by atoms with van der Waals surface area (Å²) in [5, 5.41) is 11.6. The van der Waals surface area contributed by atoms with Gasteiger partial charge in [-0.15, -0.1) is 0 Å². The van der Waals surface area contributed by atoms with E-state index in [-0.39, 0.29) is 17.9 Å². The summed E-state index contributed by atoms with van der Waals surface area (Å²) in [5.41, 5.74) is 1.87. The van der Waals surface area contributed by atoms with Crippen LogP contribution in [0.5, 0.6) is 11.5 Å². The molecule has 0 bridgehead atoms. The van der Waals surface area contributed by atoms with Crippen LogP contribution in [-0.4, -0.2) is 35.4 Å². The van der Waals surface area contributed by atoms with Gasteiger partial charge in [0.25, 0.3) is 11.7 Å². The highest BCUT2D eigenvalue weighted by atomic mass is 35.5. The number of Topliss-reactive ketones (excluding diaryl/α,β-unsaturated/α-hetero) is 1. The number of hydrogen-bond acceptors (Lipinski definition) is 5. The number of ether oxygens (including phenoxy) is 2. The number of hydrogen-bond donors (Lipinski definition) is 1. The minimum Gasteiger partial charge on any atom is -0.507 e. The van der Waals surface area contributed by atoms with Gasteiger partial charge in [-0.05, 0) is 48.4 Å². The second kappa shape index (κ2) is 10.0. The number of carbonyl (C=O) groups is 2. The minimum absolute atomic E-state index is 0.0175. The fraction of sp³-hybridized carbons (Fsp3) is 0.185. The van der Waals surface area contributed by atoms with Crippen molar-refractivity contribution >= 4 is 29.1 Å². The van der Waals surface area contributed by atoms with Crippen LogP contribution in [-0.2, 0) is 16.1 Å². The Balaban J connectivity index is 1.83. The zero-order valence-corrected chi connectivity index (χ0v) is 19.6. The highest BCUT2D eigenvalue weighted by molar-refractivity contribution is 6.46. The van der Waals surface area contributed by atoms with Crippen molar-refractivity contribution in [2.24, 2.45) is 0 Å². The molecule has 6 nitrogen and oxygen atoms in total. The number of nitrogens with zero attached hydrogens (tertiary/aromatic N) is 1. The molecule has 1 aliphatic rings. The predicted molar refractivity (Wildman–Crippen MR) is 130 cm³/mol. The Morgan fingerprint density at radius 3 is 2.50 bits per heavy atom. The van der Waals surface area contributed by atoms with Crippen LogP contribution in [0.1, 0.15) is 29.7 Å². The number of aliphatic hydroxyl groups is 1. The zero-order chi connectivity index (χ0) is 24.2. The molecule has 1 N–H and O–H groups in total. The molecule has 1 heterocycles. The van der Waals surface area contributed by atoms with Gasteiger partial charge in [0.15, 0.2) is 0 Å². The average molecular weight is 478 g/mol. The molecule has 7 heteroatoms. The number of carbonyl (C=O) groups excluding carboxylic acids is 2. The molecule has 0 aromatic heterocycles. The van der Waals surface area contributed by atoms with Crippen molar-refractivity contribution in [3.8, 4) is 11.5 Å². The van der Waals surface area contributed by atoms with E-state index in [0.717, 1.165) is 5.56 Å². The summed E-state index contributed by atoms with van der Waals surface area (Å²) in [4.78, 5) is 27.9. The summed E-state index contributed by atoms with van der Waals surface area (Å²) in [5.74, 6) is -0.678. The fourth-order valence-corrected chi connectivity index (χ4v) is 4.24. The van der Waals surface area contributed by atoms with Gasteiger partial charge in [0.2, 0.25) is 0 Å². The molecule has 0 radical (unpaired) electrons. The third kappa shape index (κ3) is 4.50. The van der Waals surface area contributed by atoms with Crippen molar-refractivity contribution in [3.63, 3.8) is 0 Å². The van der Waals surface area contributed by atoms with Gasteiger partial charge in [-0.25, -0.2) is 0 Å². The van der Waals surface area contributed by atoms with E-state index in [4.69, 9.17) is 21.1 Å². The standard InChI is InChI=1S/C27H24ClNO5/c1-3-34-22-15-19(12-13-21(22)28)25(30)23-24(18-9-5-4-6-10-18)29(27(32)26(23)31)16-17-8-7-11-20(14-17)33-2/h4-15,24,30H,3,16H2,1-2H3/b25-23-. The quantitative estimate of drug-likeness (QED) is 0.281. The second-order valence-corrected chi connectivity index (χ2v) is 8.17. The van der Waals surface area contributed by atoms with Gasteiger partial charge >= 0.3 is 0 Å². The molecular weight excluding hydrogens is 454 g/mol. The first kappa shape index (κ1) is 23.4. The van der Waals surface area contributed by atoms with Crippen LogP contribution in [0.25, 0.3) is 5.76 Å². The van der Waals surface area contributed by atoms with Crippen molar-refractivity contribution in [1.29, 1.82) is 0 Å². The summed E-state index contributed by atoms with van der Waals surface area (Å²) in [6, 6.07) is 20.5. The summed E-state index contributed by atoms with van der Waals surface area (Å²) < 4.78 is 10.8. The number of amides is 1. The van der Waals surface area contributed by atoms with Crippen molar-refractivity contribution < 1.29 is 24.2 Å². The lowest BCUT2D eigenvalue weighted by Gasteiger charge is -2.25. The van der Waals surface area contributed by atoms with Crippen LogP contribution in [0.4, 0.5) is 0 Å². The minimum atomic E-state index is -0.765. The van der Waals surface area contributed by atoms with Crippen LogP contribution in [0.3, 0.4) is 0 Å². The van der Waals surface area contributed by atoms with E-state index in [9.17, 15) is 14.7 Å². The monoisotopic (exact) mass is 477 g/mol. The number of ketones is 1. The summed E-state index contributed by atoms with van der Waals surface area (Å²) in [6.07, 6.45) is 0. The molecule has 1 amide bonds. The Morgan fingerprint density at radius 2 is 1.79 bits per heavy atom. The highest BCUT2D eigenvalue weighted by Crippen LogP contribution is 2.41. The lowest BCUT2D eigenvalue weighted by atomic mass is 9.95. The van der Waals surface area contributed by atoms with Crippen LogP contribution in [0.15, 0.2) is 78.4 Å². The largest absolute Gasteiger partial charge is 0.507 e. The van der Waals surface area contributed by atoms with Crippen LogP contribution in [0, 0.1) is 0 Å². The van der Waals surface area contributed by atoms with Gasteiger partial charge in [-0.1, -0.05) is 54.1 Å². The molecule has 1 fully saturated rings. The van der Waals surface area contributed by atoms with E-state index in [2.05, 4.69) is 0 Å². The molecule has 3 aromatic rings. The van der Waals surface area contributed by atoms with E-state index < -0.39 is 17.7 Å². The van der Waals surface area contributed by atoms with Crippen LogP contribution < -0.4 is 9.47 Å². The number of aliphatic hydroxyl groups excluding tert-OH is 1. The van der Waals surface area contributed by atoms with Crippen LogP contribution >= 0.6 is 11.6 Å². The summed E-state index contributed by atoms with van der Waals surface area (Å²) in [7, 11) is 1.57. The molecular formula is C27H24ClNO5. The molecule has 1 saturated heterocycles. The van der Waals surface area contributed by atoms with Gasteiger partial charge in [0, 0.05) is 12.1 Å². The molecule has 4 rings (SSSR count). The lowest BCUT2D eigenvalue weighted by Crippen LogP contribution is -2.29. The average Bonchev–Trinajstić information content (AvgIpc) is 3.10. The van der Waals surface area contributed by atoms with Crippen molar-refractivity contribution in [2.45, 2.75) is 19.5 Å². The maximum atomic E-state index is 13.2. The Kier molecular flexibility index (Phi) is 6.89. The van der Waals surface area contributed by atoms with Crippen molar-refractivity contribution in [1.82, 2.24) is 4.90 Å². The number of benzene rings is 3. The highest BCUT2D eigenvalue weighted by Gasteiger charge is 2.46. The first-order chi connectivity index (χ1) is 16.4. The van der Waals surface area contributed by atoms with Crippen LogP contribution in [0.2, 0.25) is 5.02 Å². The summed E-state index contributed by atoms with van der Waals surface area (Å²) in [6.45, 7) is 2.38. The van der Waals surface area contributed by atoms with Gasteiger partial charge in [0.1, 0.15) is 17.3 Å². The first-order valence-electron chi connectivity index (χ1n) is 10.8. The molecule has 0 spiro atoms. The molecule has 3 aromatic carbocycles. The predicted octanol–water partition coefficient (Wildman–Crippen LogP) is 5.37.